The summed E-state index contributed by atoms with van der Waals surface area (Å²) in [6.07, 6.45) is 6.47. The van der Waals surface area contributed by atoms with Crippen molar-refractivity contribution in [3.63, 3.8) is 0 Å². The molecule has 0 spiro atoms. The highest BCUT2D eigenvalue weighted by Crippen LogP contribution is 2.30. The van der Waals surface area contributed by atoms with Crippen LogP contribution in [0.15, 0.2) is 55.3 Å². The number of ether oxygens (including phenoxy) is 1. The van der Waals surface area contributed by atoms with E-state index in [9.17, 15) is 9.90 Å². The van der Waals surface area contributed by atoms with E-state index in [2.05, 4.69) is 35.9 Å². The zero-order valence-corrected chi connectivity index (χ0v) is 24.3. The number of nitrogens with zero attached hydrogens (tertiary/aromatic N) is 5. The molecule has 0 radical (unpaired) electrons. The first-order valence-corrected chi connectivity index (χ1v) is 14.1. The van der Waals surface area contributed by atoms with Crippen LogP contribution in [0.25, 0.3) is 16.5 Å². The molecule has 1 fully saturated rings. The predicted octanol–water partition coefficient (Wildman–Crippen LogP) is 2.70. The van der Waals surface area contributed by atoms with Crippen molar-refractivity contribution < 1.29 is 14.6 Å². The highest BCUT2D eigenvalue weighted by Gasteiger charge is 2.24. The van der Waals surface area contributed by atoms with E-state index >= 15 is 0 Å². The van der Waals surface area contributed by atoms with Gasteiger partial charge >= 0.3 is 6.01 Å². The lowest BCUT2D eigenvalue weighted by atomic mass is 9.91. The number of nitrogens with one attached hydrogen (secondary N) is 1. The molecule has 1 aliphatic heterocycles. The van der Waals surface area contributed by atoms with E-state index in [1.54, 1.807) is 18.7 Å². The molecule has 41 heavy (non-hydrogen) atoms. The number of aryl methyl sites for hydroxylation is 1. The van der Waals surface area contributed by atoms with Gasteiger partial charge in [-0.2, -0.15) is 9.97 Å². The average Bonchev–Trinajstić information content (AvgIpc) is 2.97. The van der Waals surface area contributed by atoms with E-state index in [0.717, 1.165) is 40.0 Å². The molecule has 0 bridgehead atoms. The fraction of sp³-hybridized carbons (Fsp3) is 0.419. The molecule has 1 amide bonds. The maximum atomic E-state index is 12.1. The van der Waals surface area contributed by atoms with Crippen molar-refractivity contribution in [3.8, 4) is 6.01 Å². The highest BCUT2D eigenvalue weighted by atomic mass is 16.5. The van der Waals surface area contributed by atoms with Crippen molar-refractivity contribution in [2.24, 2.45) is 5.73 Å². The lowest BCUT2D eigenvalue weighted by molar-refractivity contribution is -0.126. The Morgan fingerprint density at radius 1 is 1.22 bits per heavy atom. The number of hydrogen-bond donors (Lipinski definition) is 3. The second-order valence-electron chi connectivity index (χ2n) is 10.6. The molecule has 10 heteroatoms. The van der Waals surface area contributed by atoms with Crippen LogP contribution < -0.4 is 20.7 Å². The maximum Gasteiger partial charge on any atom is 0.318 e. The minimum absolute atomic E-state index is 0.0699. The summed E-state index contributed by atoms with van der Waals surface area (Å²) in [6.45, 7) is 13.0. The van der Waals surface area contributed by atoms with E-state index in [4.69, 9.17) is 25.4 Å². The first kappa shape index (κ1) is 30.1. The summed E-state index contributed by atoms with van der Waals surface area (Å²) in [5.74, 6) is 0.657. The van der Waals surface area contributed by atoms with Crippen LogP contribution in [0.1, 0.15) is 37.6 Å². The van der Waals surface area contributed by atoms with Crippen LogP contribution in [0.5, 0.6) is 6.01 Å². The molecule has 0 aliphatic carbocycles. The van der Waals surface area contributed by atoms with Gasteiger partial charge in [-0.3, -0.25) is 9.78 Å². The van der Waals surface area contributed by atoms with Crippen LogP contribution in [0.4, 0.5) is 5.82 Å². The minimum Gasteiger partial charge on any atom is -0.462 e. The Labute approximate surface area is 241 Å². The number of piperazine rings is 1. The van der Waals surface area contributed by atoms with Gasteiger partial charge in [0.25, 0.3) is 0 Å². The van der Waals surface area contributed by atoms with E-state index in [0.29, 0.717) is 52.4 Å². The van der Waals surface area contributed by atoms with Gasteiger partial charge in [0.1, 0.15) is 12.4 Å². The number of carbonyl (C=O) groups excluding carboxylic acids is 1. The third-order valence-corrected chi connectivity index (χ3v) is 6.96. The number of benzene rings is 1. The third kappa shape index (κ3) is 7.87. The molecular formula is C31H41N7O3. The van der Waals surface area contributed by atoms with Crippen molar-refractivity contribution >= 4 is 28.2 Å². The number of rotatable bonds is 12. The molecule has 3 aromatic rings. The quantitative estimate of drug-likeness (QED) is 0.174. The number of amides is 1. The van der Waals surface area contributed by atoms with Gasteiger partial charge in [0.15, 0.2) is 0 Å². The Morgan fingerprint density at radius 2 is 1.98 bits per heavy atom. The van der Waals surface area contributed by atoms with Gasteiger partial charge < -0.3 is 30.7 Å². The maximum absolute atomic E-state index is 12.1. The van der Waals surface area contributed by atoms with Gasteiger partial charge in [-0.05, 0) is 55.2 Å². The van der Waals surface area contributed by atoms with Crippen molar-refractivity contribution in [3.05, 3.63) is 72.1 Å². The molecule has 4 rings (SSSR count). The monoisotopic (exact) mass is 559 g/mol. The standard InChI is InChI=1S/C31H41N7O3/c1-5-22-9-7-8-10-25(22)23(19-31(3,4)40)17-24-18-27-26(20-34-24)29(36-30(35-27)41-16-11-33-21-32)38-14-12-37(13-15-38)28(39)6-2/h6-10,18-20,33,40H,2,5,11-17,21,32H2,1,3-4H3/b23-19-. The van der Waals surface area contributed by atoms with Crippen LogP contribution in [0.3, 0.4) is 0 Å². The lowest BCUT2D eigenvalue weighted by Crippen LogP contribution is -2.48. The molecule has 0 saturated carbocycles. The Bertz CT molecular complexity index is 1390. The van der Waals surface area contributed by atoms with E-state index in [-0.39, 0.29) is 11.9 Å². The summed E-state index contributed by atoms with van der Waals surface area (Å²) in [7, 11) is 0. The SMILES string of the molecule is C=CC(=O)N1CCN(c2nc(OCCNCN)nc3cc(C/C(=C/C(C)(C)O)c4ccccc4CC)ncc23)CC1. The predicted molar refractivity (Wildman–Crippen MR) is 163 cm³/mol. The van der Waals surface area contributed by atoms with Crippen LogP contribution in [0.2, 0.25) is 0 Å². The number of nitrogens with two attached hydrogens (primary N) is 1. The molecule has 0 unspecified atom stereocenters. The van der Waals surface area contributed by atoms with Crippen molar-refractivity contribution in [1.82, 2.24) is 25.2 Å². The van der Waals surface area contributed by atoms with Crippen LogP contribution in [-0.2, 0) is 17.6 Å². The second-order valence-corrected chi connectivity index (χ2v) is 10.6. The number of allylic oxidation sites excluding steroid dienone is 1. The number of anilines is 1. The normalized spacial score (nSPS) is 14.4. The van der Waals surface area contributed by atoms with Crippen LogP contribution >= 0.6 is 0 Å². The third-order valence-electron chi connectivity index (χ3n) is 6.96. The lowest BCUT2D eigenvalue weighted by Gasteiger charge is -2.35. The van der Waals surface area contributed by atoms with Gasteiger partial charge in [0.05, 0.1) is 16.5 Å². The topological polar surface area (TPSA) is 130 Å². The summed E-state index contributed by atoms with van der Waals surface area (Å²) in [6, 6.07) is 10.5. The summed E-state index contributed by atoms with van der Waals surface area (Å²) >= 11 is 0. The molecule has 0 atom stereocenters. The van der Waals surface area contributed by atoms with Crippen molar-refractivity contribution in [2.75, 3.05) is 50.9 Å². The van der Waals surface area contributed by atoms with Crippen LogP contribution in [-0.4, -0.2) is 82.5 Å². The number of carbonyl (C=O) groups is 1. The Hall–Kier alpha value is -3.86. The van der Waals surface area contributed by atoms with Gasteiger partial charge in [0.2, 0.25) is 5.91 Å². The number of pyridine rings is 1. The number of hydrogen-bond acceptors (Lipinski definition) is 9. The molecule has 1 aliphatic rings. The van der Waals surface area contributed by atoms with Crippen molar-refractivity contribution in [1.29, 1.82) is 0 Å². The molecular weight excluding hydrogens is 518 g/mol. The van der Waals surface area contributed by atoms with Gasteiger partial charge in [-0.1, -0.05) is 37.8 Å². The summed E-state index contributed by atoms with van der Waals surface area (Å²) in [5, 5.41) is 14.5. The zero-order chi connectivity index (χ0) is 29.4. The van der Waals surface area contributed by atoms with Crippen molar-refractivity contribution in [2.45, 2.75) is 39.2 Å². The van der Waals surface area contributed by atoms with Gasteiger partial charge in [-0.15, -0.1) is 0 Å². The highest BCUT2D eigenvalue weighted by molar-refractivity contribution is 5.90. The molecule has 3 heterocycles. The van der Waals surface area contributed by atoms with E-state index in [1.807, 2.05) is 30.5 Å². The summed E-state index contributed by atoms with van der Waals surface area (Å²) in [5.41, 5.74) is 9.40. The fourth-order valence-electron chi connectivity index (χ4n) is 5.00. The second kappa shape index (κ2) is 13.7. The number of fused-ring (bicyclic) bond motifs is 1. The molecule has 1 aromatic carbocycles. The first-order chi connectivity index (χ1) is 19.7. The number of aromatic nitrogens is 3. The molecule has 2 aromatic heterocycles. The Kier molecular flexibility index (Phi) is 10.0. The first-order valence-electron chi connectivity index (χ1n) is 14.1. The fourth-order valence-corrected chi connectivity index (χ4v) is 5.00. The minimum atomic E-state index is -0.990. The van der Waals surface area contributed by atoms with E-state index < -0.39 is 5.60 Å². The summed E-state index contributed by atoms with van der Waals surface area (Å²) < 4.78 is 5.90. The molecule has 218 valence electrons. The Morgan fingerprint density at radius 3 is 2.66 bits per heavy atom. The summed E-state index contributed by atoms with van der Waals surface area (Å²) in [4.78, 5) is 30.3. The van der Waals surface area contributed by atoms with Gasteiger partial charge in [-0.25, -0.2) is 0 Å². The molecule has 4 N–H and O–H groups in total. The molecule has 10 nitrogen and oxygen atoms in total. The van der Waals surface area contributed by atoms with Gasteiger partial charge in [0, 0.05) is 57.7 Å². The number of aliphatic hydroxyl groups is 1. The molecule has 1 saturated heterocycles. The van der Waals surface area contributed by atoms with Crippen LogP contribution in [0, 0.1) is 0 Å². The largest absolute Gasteiger partial charge is 0.462 e. The zero-order valence-electron chi connectivity index (χ0n) is 24.3. The Balaban J connectivity index is 1.70. The average molecular weight is 560 g/mol. The smallest absolute Gasteiger partial charge is 0.318 e. The van der Waals surface area contributed by atoms with E-state index in [1.165, 1.54) is 11.6 Å².